The van der Waals surface area contributed by atoms with Gasteiger partial charge in [0.05, 0.1) is 12.3 Å². The van der Waals surface area contributed by atoms with Crippen LogP contribution in [0.4, 0.5) is 0 Å². The molecule has 1 aromatic heterocycles. The summed E-state index contributed by atoms with van der Waals surface area (Å²) < 4.78 is 12.5. The van der Waals surface area contributed by atoms with E-state index in [0.29, 0.717) is 24.9 Å². The molecule has 0 saturated heterocycles. The first-order valence-corrected chi connectivity index (χ1v) is 10.2. The lowest BCUT2D eigenvalue weighted by Crippen LogP contribution is -2.38. The number of ether oxygens (including phenoxy) is 2. The van der Waals surface area contributed by atoms with E-state index in [9.17, 15) is 4.79 Å². The Kier molecular flexibility index (Phi) is 5.77. The van der Waals surface area contributed by atoms with Crippen LogP contribution in [0.3, 0.4) is 0 Å². The molecule has 0 bridgehead atoms. The van der Waals surface area contributed by atoms with Crippen molar-refractivity contribution in [3.63, 3.8) is 0 Å². The van der Waals surface area contributed by atoms with E-state index in [1.165, 1.54) is 17.3 Å². The van der Waals surface area contributed by atoms with Gasteiger partial charge in [0, 0.05) is 30.2 Å². The highest BCUT2D eigenvalue weighted by Gasteiger charge is 2.36. The Bertz CT molecular complexity index is 918. The molecule has 5 nitrogen and oxygen atoms in total. The molecular weight excluding hydrogens is 360 g/mol. The van der Waals surface area contributed by atoms with Gasteiger partial charge in [-0.25, -0.2) is 4.98 Å². The summed E-state index contributed by atoms with van der Waals surface area (Å²) in [7, 11) is 1.65. The first-order chi connectivity index (χ1) is 12.9. The minimum Gasteiger partial charge on any atom is -0.491 e. The molecule has 0 amide bonds. The number of hydrogen-bond acceptors (Lipinski definition) is 5. The van der Waals surface area contributed by atoms with Gasteiger partial charge in [0.1, 0.15) is 12.4 Å². The van der Waals surface area contributed by atoms with Crippen LogP contribution >= 0.6 is 11.8 Å². The van der Waals surface area contributed by atoms with Gasteiger partial charge in [-0.1, -0.05) is 37.8 Å². The topological polar surface area (TPSA) is 53.4 Å². The van der Waals surface area contributed by atoms with Crippen molar-refractivity contribution >= 4 is 11.8 Å². The lowest BCUT2D eigenvalue weighted by Gasteiger charge is -2.33. The molecule has 6 heteroatoms. The number of allylic oxidation sites excluding steroid dienone is 1. The third-order valence-electron chi connectivity index (χ3n) is 4.83. The molecule has 3 rings (SSSR count). The fourth-order valence-corrected chi connectivity index (χ4v) is 4.17. The lowest BCUT2D eigenvalue weighted by molar-refractivity contribution is 0.146. The number of rotatable bonds is 7. The average Bonchev–Trinajstić information content (AvgIpc) is 2.63. The van der Waals surface area contributed by atoms with E-state index in [2.05, 4.69) is 26.5 Å². The Morgan fingerprint density at radius 1 is 1.37 bits per heavy atom. The number of thioether (sulfide) groups is 1. The number of nitrogens with zero attached hydrogens (tertiary/aromatic N) is 2. The van der Waals surface area contributed by atoms with Crippen molar-refractivity contribution < 1.29 is 9.47 Å². The van der Waals surface area contributed by atoms with E-state index in [1.54, 1.807) is 17.8 Å². The van der Waals surface area contributed by atoms with E-state index < -0.39 is 0 Å². The van der Waals surface area contributed by atoms with Gasteiger partial charge >= 0.3 is 0 Å². The van der Waals surface area contributed by atoms with Crippen molar-refractivity contribution in [1.82, 2.24) is 9.55 Å². The van der Waals surface area contributed by atoms with Crippen LogP contribution in [0.5, 0.6) is 5.75 Å². The summed E-state index contributed by atoms with van der Waals surface area (Å²) in [6.45, 7) is 9.47. The first-order valence-electron chi connectivity index (χ1n) is 8.98. The summed E-state index contributed by atoms with van der Waals surface area (Å²) in [6.07, 6.45) is 4.46. The van der Waals surface area contributed by atoms with Crippen molar-refractivity contribution in [2.24, 2.45) is 0 Å². The maximum absolute atomic E-state index is 13.3. The molecule has 144 valence electrons. The molecule has 1 aromatic carbocycles. The first kappa shape index (κ1) is 19.7. The quantitative estimate of drug-likeness (QED) is 0.314. The number of fused-ring (bicyclic) bond motifs is 3. The van der Waals surface area contributed by atoms with Gasteiger partial charge in [-0.15, -0.1) is 6.58 Å². The monoisotopic (exact) mass is 386 g/mol. The van der Waals surface area contributed by atoms with Crippen LogP contribution in [0.1, 0.15) is 25.0 Å². The summed E-state index contributed by atoms with van der Waals surface area (Å²) >= 11 is 1.47. The van der Waals surface area contributed by atoms with E-state index in [1.807, 2.05) is 18.4 Å². The number of methoxy groups -OCH3 is 1. The van der Waals surface area contributed by atoms with E-state index in [-0.39, 0.29) is 11.0 Å². The number of aromatic nitrogens is 2. The predicted molar refractivity (Wildman–Crippen MR) is 110 cm³/mol. The Balaban J connectivity index is 2.19. The summed E-state index contributed by atoms with van der Waals surface area (Å²) in [5.74, 6) is 0.763. The summed E-state index contributed by atoms with van der Waals surface area (Å²) in [6, 6.07) is 6.05. The Morgan fingerprint density at radius 2 is 2.15 bits per heavy atom. The molecule has 0 saturated carbocycles. The van der Waals surface area contributed by atoms with Crippen LogP contribution in [-0.4, -0.2) is 36.1 Å². The normalized spacial score (nSPS) is 14.4. The number of hydrogen-bond donors (Lipinski definition) is 0. The predicted octanol–water partition coefficient (Wildman–Crippen LogP) is 3.68. The van der Waals surface area contributed by atoms with Gasteiger partial charge in [-0.05, 0) is 30.4 Å². The molecule has 0 atom stereocenters. The van der Waals surface area contributed by atoms with E-state index >= 15 is 0 Å². The summed E-state index contributed by atoms with van der Waals surface area (Å²) in [4.78, 5) is 18.2. The molecule has 1 aliphatic rings. The highest BCUT2D eigenvalue weighted by molar-refractivity contribution is 7.98. The highest BCUT2D eigenvalue weighted by Crippen LogP contribution is 2.42. The van der Waals surface area contributed by atoms with Crippen molar-refractivity contribution in [1.29, 1.82) is 0 Å². The largest absolute Gasteiger partial charge is 0.491 e. The SMILES string of the molecule is C=CCn1c(SC)nc2c(c1=O)C(C)(C)Cc1ccc(OCCOC)cc1-2. The molecular formula is C21H26N2O3S. The molecule has 2 aromatic rings. The van der Waals surface area contributed by atoms with Gasteiger partial charge in [0.25, 0.3) is 5.56 Å². The van der Waals surface area contributed by atoms with Gasteiger partial charge in [-0.2, -0.15) is 0 Å². The second-order valence-electron chi connectivity index (χ2n) is 7.25. The summed E-state index contributed by atoms with van der Waals surface area (Å²) in [5, 5.41) is 0.702. The molecule has 1 aliphatic carbocycles. The van der Waals surface area contributed by atoms with Gasteiger partial charge < -0.3 is 9.47 Å². The maximum Gasteiger partial charge on any atom is 0.258 e. The fourth-order valence-electron chi connectivity index (χ4n) is 3.61. The van der Waals surface area contributed by atoms with Gasteiger partial charge in [-0.3, -0.25) is 9.36 Å². The Morgan fingerprint density at radius 3 is 2.81 bits per heavy atom. The minimum atomic E-state index is -0.287. The molecule has 1 heterocycles. The van der Waals surface area contributed by atoms with Crippen LogP contribution in [0.2, 0.25) is 0 Å². The zero-order chi connectivity index (χ0) is 19.6. The number of benzene rings is 1. The Hall–Kier alpha value is -2.05. The molecule has 27 heavy (non-hydrogen) atoms. The van der Waals surface area contributed by atoms with Crippen molar-refractivity contribution in [2.45, 2.75) is 37.4 Å². The smallest absolute Gasteiger partial charge is 0.258 e. The molecule has 0 fully saturated rings. The average molecular weight is 387 g/mol. The summed E-state index contributed by atoms with van der Waals surface area (Å²) in [5.41, 5.74) is 3.44. The molecule has 0 radical (unpaired) electrons. The van der Waals surface area contributed by atoms with Crippen molar-refractivity contribution in [2.75, 3.05) is 26.6 Å². The maximum atomic E-state index is 13.3. The van der Waals surface area contributed by atoms with E-state index in [4.69, 9.17) is 14.5 Å². The van der Waals surface area contributed by atoms with Crippen LogP contribution in [-0.2, 0) is 23.1 Å². The van der Waals surface area contributed by atoms with Crippen LogP contribution in [0.25, 0.3) is 11.3 Å². The second kappa shape index (κ2) is 7.90. The van der Waals surface area contributed by atoms with Crippen molar-refractivity contribution in [3.05, 3.63) is 52.3 Å². The lowest BCUT2D eigenvalue weighted by atomic mass is 9.72. The third kappa shape index (κ3) is 3.69. The van der Waals surface area contributed by atoms with Crippen molar-refractivity contribution in [3.8, 4) is 17.0 Å². The van der Waals surface area contributed by atoms with E-state index in [0.717, 1.165) is 29.0 Å². The third-order valence-corrected chi connectivity index (χ3v) is 5.51. The standard InChI is InChI=1S/C21H26N2O3S/c1-6-9-23-19(24)17-18(22-20(23)27-5)16-12-15(26-11-10-25-4)8-7-14(16)13-21(17,2)3/h6-8,12H,1,9-11,13H2,2-5H3. The fraction of sp³-hybridized carbons (Fsp3) is 0.429. The van der Waals surface area contributed by atoms with Crippen LogP contribution < -0.4 is 10.3 Å². The second-order valence-corrected chi connectivity index (χ2v) is 8.02. The zero-order valence-corrected chi connectivity index (χ0v) is 17.2. The van der Waals surface area contributed by atoms with Gasteiger partial charge in [0.15, 0.2) is 5.16 Å². The van der Waals surface area contributed by atoms with Crippen LogP contribution in [0, 0.1) is 0 Å². The highest BCUT2D eigenvalue weighted by atomic mass is 32.2. The minimum absolute atomic E-state index is 0.0191. The van der Waals surface area contributed by atoms with Gasteiger partial charge in [0.2, 0.25) is 0 Å². The molecule has 0 spiro atoms. The molecule has 0 unspecified atom stereocenters. The Labute approximate surface area is 164 Å². The molecule has 0 aliphatic heterocycles. The zero-order valence-electron chi connectivity index (χ0n) is 16.4. The molecule has 0 N–H and O–H groups in total. The van der Waals surface area contributed by atoms with Crippen LogP contribution in [0.15, 0.2) is 40.8 Å².